The summed E-state index contributed by atoms with van der Waals surface area (Å²) in [4.78, 5) is 15.3. The Morgan fingerprint density at radius 2 is 1.67 bits per heavy atom. The quantitative estimate of drug-likeness (QED) is 0.706. The first-order valence-electron chi connectivity index (χ1n) is 6.20. The largest absolute Gasteiger partial charge is 0.340 e. The molecule has 0 aliphatic carbocycles. The Balaban J connectivity index is 0. The lowest BCUT2D eigenvalue weighted by Gasteiger charge is -2.31. The molecule has 92 valence electrons. The molecule has 1 aliphatic heterocycles. The number of nitrogens with zero attached hydrogens (tertiary/aromatic N) is 2. The molecule has 0 aromatic rings. The SMILES string of the molecule is CC.CC.CCCN1CCN(C)CC1=O. The maximum absolute atomic E-state index is 11.3. The summed E-state index contributed by atoms with van der Waals surface area (Å²) >= 11 is 0. The van der Waals surface area contributed by atoms with Gasteiger partial charge in [-0.2, -0.15) is 0 Å². The Labute approximate surface area is 95.4 Å². The molecule has 0 aromatic carbocycles. The lowest BCUT2D eigenvalue weighted by molar-refractivity contribution is -0.135. The molecule has 0 aromatic heterocycles. The zero-order valence-electron chi connectivity index (χ0n) is 11.3. The van der Waals surface area contributed by atoms with Crippen molar-refractivity contribution in [3.63, 3.8) is 0 Å². The average Bonchev–Trinajstić information content (AvgIpc) is 2.28. The molecule has 0 atom stereocenters. The van der Waals surface area contributed by atoms with Crippen molar-refractivity contribution in [2.75, 3.05) is 33.2 Å². The lowest BCUT2D eigenvalue weighted by Crippen LogP contribution is -2.48. The molecule has 15 heavy (non-hydrogen) atoms. The molecule has 1 heterocycles. The zero-order chi connectivity index (χ0) is 12.3. The second-order valence-electron chi connectivity index (χ2n) is 3.12. The van der Waals surface area contributed by atoms with Crippen molar-refractivity contribution in [1.29, 1.82) is 0 Å². The van der Waals surface area contributed by atoms with Gasteiger partial charge in [0.25, 0.3) is 0 Å². The summed E-state index contributed by atoms with van der Waals surface area (Å²) in [6.07, 6.45) is 1.06. The normalized spacial score (nSPS) is 16.1. The van der Waals surface area contributed by atoms with Gasteiger partial charge in [-0.1, -0.05) is 34.6 Å². The van der Waals surface area contributed by atoms with E-state index in [0.717, 1.165) is 26.1 Å². The van der Waals surface area contributed by atoms with E-state index in [4.69, 9.17) is 0 Å². The van der Waals surface area contributed by atoms with Gasteiger partial charge in [-0.3, -0.25) is 9.69 Å². The van der Waals surface area contributed by atoms with Crippen LogP contribution in [-0.4, -0.2) is 48.9 Å². The van der Waals surface area contributed by atoms with Gasteiger partial charge in [0.2, 0.25) is 5.91 Å². The van der Waals surface area contributed by atoms with E-state index in [1.54, 1.807) is 0 Å². The molecule has 0 unspecified atom stereocenters. The Morgan fingerprint density at radius 1 is 1.13 bits per heavy atom. The molecule has 1 fully saturated rings. The molecule has 3 nitrogen and oxygen atoms in total. The highest BCUT2D eigenvalue weighted by atomic mass is 16.2. The van der Waals surface area contributed by atoms with Crippen LogP contribution in [0.15, 0.2) is 0 Å². The van der Waals surface area contributed by atoms with Crippen LogP contribution in [0.3, 0.4) is 0 Å². The van der Waals surface area contributed by atoms with Crippen LogP contribution in [0, 0.1) is 0 Å². The fraction of sp³-hybridized carbons (Fsp3) is 0.917. The minimum Gasteiger partial charge on any atom is -0.340 e. The third-order valence-corrected chi connectivity index (χ3v) is 2.00. The first kappa shape index (κ1) is 16.8. The van der Waals surface area contributed by atoms with E-state index in [2.05, 4.69) is 11.8 Å². The van der Waals surface area contributed by atoms with Crippen molar-refractivity contribution in [1.82, 2.24) is 9.80 Å². The van der Waals surface area contributed by atoms with E-state index < -0.39 is 0 Å². The summed E-state index contributed by atoms with van der Waals surface area (Å²) in [5, 5.41) is 0. The Morgan fingerprint density at radius 3 is 2.07 bits per heavy atom. The molecule has 0 saturated carbocycles. The molecule has 3 heteroatoms. The van der Waals surface area contributed by atoms with Crippen molar-refractivity contribution < 1.29 is 4.79 Å². The minimum absolute atomic E-state index is 0.278. The molecule has 0 N–H and O–H groups in total. The van der Waals surface area contributed by atoms with Gasteiger partial charge in [0, 0.05) is 19.6 Å². The summed E-state index contributed by atoms with van der Waals surface area (Å²) < 4.78 is 0. The highest BCUT2D eigenvalue weighted by Gasteiger charge is 2.19. The Kier molecular flexibility index (Phi) is 12.9. The number of rotatable bonds is 2. The van der Waals surface area contributed by atoms with Crippen LogP contribution in [0.5, 0.6) is 0 Å². The predicted octanol–water partition coefficient (Wildman–Crippen LogP) is 2.22. The van der Waals surface area contributed by atoms with Gasteiger partial charge >= 0.3 is 0 Å². The highest BCUT2D eigenvalue weighted by molar-refractivity contribution is 5.78. The number of hydrogen-bond acceptors (Lipinski definition) is 2. The van der Waals surface area contributed by atoms with Gasteiger partial charge in [-0.25, -0.2) is 0 Å². The summed E-state index contributed by atoms with van der Waals surface area (Å²) in [6, 6.07) is 0. The van der Waals surface area contributed by atoms with E-state index in [0.29, 0.717) is 6.54 Å². The Hall–Kier alpha value is -0.570. The molecular formula is C12H28N2O. The van der Waals surface area contributed by atoms with Crippen molar-refractivity contribution in [3.8, 4) is 0 Å². The van der Waals surface area contributed by atoms with E-state index in [9.17, 15) is 4.79 Å². The molecule has 1 aliphatic rings. The van der Waals surface area contributed by atoms with Crippen LogP contribution in [0.4, 0.5) is 0 Å². The van der Waals surface area contributed by atoms with Gasteiger partial charge in [0.1, 0.15) is 0 Å². The smallest absolute Gasteiger partial charge is 0.236 e. The molecule has 0 radical (unpaired) electrons. The number of amides is 1. The standard InChI is InChI=1S/C8H16N2O.2C2H6/c1-3-4-10-6-5-9(2)7-8(10)11;2*1-2/h3-7H2,1-2H3;2*1-2H3. The monoisotopic (exact) mass is 216 g/mol. The van der Waals surface area contributed by atoms with Crippen LogP contribution in [0.25, 0.3) is 0 Å². The lowest BCUT2D eigenvalue weighted by atomic mass is 10.3. The highest BCUT2D eigenvalue weighted by Crippen LogP contribution is 2.00. The van der Waals surface area contributed by atoms with Crippen molar-refractivity contribution in [2.45, 2.75) is 41.0 Å². The summed E-state index contributed by atoms with van der Waals surface area (Å²) in [5.41, 5.74) is 0. The molecular weight excluding hydrogens is 188 g/mol. The van der Waals surface area contributed by atoms with Crippen molar-refractivity contribution in [3.05, 3.63) is 0 Å². The van der Waals surface area contributed by atoms with Gasteiger partial charge in [-0.15, -0.1) is 0 Å². The second-order valence-corrected chi connectivity index (χ2v) is 3.12. The van der Waals surface area contributed by atoms with Gasteiger partial charge < -0.3 is 4.90 Å². The maximum Gasteiger partial charge on any atom is 0.236 e. The van der Waals surface area contributed by atoms with Crippen LogP contribution >= 0.6 is 0 Å². The van der Waals surface area contributed by atoms with Crippen molar-refractivity contribution >= 4 is 5.91 Å². The van der Waals surface area contributed by atoms with E-state index in [1.165, 1.54) is 0 Å². The summed E-state index contributed by atoms with van der Waals surface area (Å²) in [6.45, 7) is 13.5. The minimum atomic E-state index is 0.278. The van der Waals surface area contributed by atoms with Crippen molar-refractivity contribution in [2.24, 2.45) is 0 Å². The molecule has 0 spiro atoms. The molecule has 1 amide bonds. The zero-order valence-corrected chi connectivity index (χ0v) is 11.3. The summed E-state index contributed by atoms with van der Waals surface area (Å²) in [5.74, 6) is 0.278. The van der Waals surface area contributed by atoms with Crippen LogP contribution in [0.2, 0.25) is 0 Å². The molecule has 1 rings (SSSR count). The number of carbonyl (C=O) groups is 1. The molecule has 1 saturated heterocycles. The van der Waals surface area contributed by atoms with E-state index in [1.807, 2.05) is 39.6 Å². The number of piperazine rings is 1. The fourth-order valence-corrected chi connectivity index (χ4v) is 1.33. The average molecular weight is 216 g/mol. The predicted molar refractivity (Wildman–Crippen MR) is 67.1 cm³/mol. The van der Waals surface area contributed by atoms with E-state index in [-0.39, 0.29) is 5.91 Å². The van der Waals surface area contributed by atoms with Crippen LogP contribution < -0.4 is 0 Å². The van der Waals surface area contributed by atoms with Gasteiger partial charge in [0.15, 0.2) is 0 Å². The van der Waals surface area contributed by atoms with Crippen LogP contribution in [-0.2, 0) is 4.79 Å². The van der Waals surface area contributed by atoms with Gasteiger partial charge in [0.05, 0.1) is 6.54 Å². The first-order chi connectivity index (χ1) is 7.24. The summed E-state index contributed by atoms with van der Waals surface area (Å²) in [7, 11) is 1.99. The second kappa shape index (κ2) is 11.5. The van der Waals surface area contributed by atoms with E-state index >= 15 is 0 Å². The van der Waals surface area contributed by atoms with Crippen LogP contribution in [0.1, 0.15) is 41.0 Å². The topological polar surface area (TPSA) is 23.6 Å². The third kappa shape index (κ3) is 7.37. The third-order valence-electron chi connectivity index (χ3n) is 2.00. The maximum atomic E-state index is 11.3. The number of likely N-dealkylation sites (N-methyl/N-ethyl adjacent to an activating group) is 1. The first-order valence-corrected chi connectivity index (χ1v) is 6.20. The Bertz CT molecular complexity index is 149. The molecule has 0 bridgehead atoms. The number of carbonyl (C=O) groups excluding carboxylic acids is 1. The number of hydrogen-bond donors (Lipinski definition) is 0. The van der Waals surface area contributed by atoms with Gasteiger partial charge in [-0.05, 0) is 13.5 Å². The fourth-order valence-electron chi connectivity index (χ4n) is 1.33.